The van der Waals surface area contributed by atoms with Crippen molar-refractivity contribution in [2.24, 2.45) is 0 Å². The Bertz CT molecular complexity index is 1040. The average molecular weight is 465 g/mol. The lowest BCUT2D eigenvalue weighted by molar-refractivity contribution is -0.167. The second-order valence-corrected chi connectivity index (χ2v) is 6.96. The van der Waals surface area contributed by atoms with Gasteiger partial charge < -0.3 is 15.2 Å². The number of amides is 1. The van der Waals surface area contributed by atoms with Gasteiger partial charge in [0, 0.05) is 17.5 Å². The Kier molecular flexibility index (Phi) is 7.37. The smallest absolute Gasteiger partial charge is 0.471 e. The minimum atomic E-state index is -5.38. The molecular weight excluding hydrogens is 448 g/mol. The maximum absolute atomic E-state index is 14.4. The topological polar surface area (TPSA) is 92.7 Å². The highest BCUT2D eigenvalue weighted by Crippen LogP contribution is 2.42. The molecule has 2 N–H and O–H groups in total. The zero-order valence-electron chi connectivity index (χ0n) is 16.8. The molecule has 1 aliphatic heterocycles. The van der Waals surface area contributed by atoms with Crippen molar-refractivity contribution in [2.45, 2.75) is 45.9 Å². The van der Waals surface area contributed by atoms with Crippen LogP contribution in [0.4, 0.5) is 32.0 Å². The minimum absolute atomic E-state index is 0.0245. The molecule has 0 aliphatic carbocycles. The van der Waals surface area contributed by atoms with Crippen LogP contribution in [-0.4, -0.2) is 29.1 Å². The van der Waals surface area contributed by atoms with E-state index in [9.17, 15) is 40.7 Å². The number of halogens is 6. The Hall–Kier alpha value is -3.31. The molecule has 0 saturated carbocycles. The fourth-order valence-corrected chi connectivity index (χ4v) is 3.21. The second-order valence-electron chi connectivity index (χ2n) is 6.96. The number of rotatable bonds is 7. The SMILES string of the molecule is CC(=CCc1c(NC(=O)C(F)(F)F)c2c(c(C)c1C(F)=C(F)F)COC2=O)CCC(=O)O. The van der Waals surface area contributed by atoms with Crippen molar-refractivity contribution in [3.05, 3.63) is 45.5 Å². The number of carbonyl (C=O) groups is 3. The van der Waals surface area contributed by atoms with Crippen molar-refractivity contribution in [3.8, 4) is 0 Å². The summed E-state index contributed by atoms with van der Waals surface area (Å²) in [5, 5.41) is 10.2. The number of fused-ring (bicyclic) bond motifs is 1. The molecule has 0 saturated heterocycles. The number of aliphatic carboxylic acids is 1. The molecule has 2 rings (SSSR count). The third-order valence-corrected chi connectivity index (χ3v) is 4.80. The van der Waals surface area contributed by atoms with Crippen LogP contribution in [0.1, 0.15) is 52.4 Å². The summed E-state index contributed by atoms with van der Waals surface area (Å²) in [5.41, 5.74) is -2.43. The molecule has 0 bridgehead atoms. The number of carbonyl (C=O) groups excluding carboxylic acids is 2. The maximum Gasteiger partial charge on any atom is 0.471 e. The number of cyclic esters (lactones) is 1. The van der Waals surface area contributed by atoms with Gasteiger partial charge in [-0.25, -0.2) is 9.18 Å². The summed E-state index contributed by atoms with van der Waals surface area (Å²) in [6.07, 6.45) is -7.58. The monoisotopic (exact) mass is 465 g/mol. The quantitative estimate of drug-likeness (QED) is 0.334. The Morgan fingerprint density at radius 2 is 1.81 bits per heavy atom. The molecule has 0 spiro atoms. The van der Waals surface area contributed by atoms with Crippen molar-refractivity contribution in [2.75, 3.05) is 5.32 Å². The molecule has 174 valence electrons. The van der Waals surface area contributed by atoms with Crippen molar-refractivity contribution < 1.29 is 50.6 Å². The maximum atomic E-state index is 14.4. The van der Waals surface area contributed by atoms with Gasteiger partial charge in [0.2, 0.25) is 0 Å². The highest BCUT2D eigenvalue weighted by molar-refractivity contribution is 6.07. The van der Waals surface area contributed by atoms with Crippen LogP contribution in [0.5, 0.6) is 0 Å². The second kappa shape index (κ2) is 9.45. The van der Waals surface area contributed by atoms with Gasteiger partial charge in [-0.15, -0.1) is 0 Å². The summed E-state index contributed by atoms with van der Waals surface area (Å²) in [6.45, 7) is 2.17. The molecule has 0 fully saturated rings. The molecule has 12 heteroatoms. The van der Waals surface area contributed by atoms with Crippen LogP contribution in [0.3, 0.4) is 0 Å². The van der Waals surface area contributed by atoms with Gasteiger partial charge in [-0.1, -0.05) is 11.6 Å². The first-order valence-electron chi connectivity index (χ1n) is 9.07. The molecule has 1 aliphatic rings. The van der Waals surface area contributed by atoms with Crippen LogP contribution < -0.4 is 5.32 Å². The van der Waals surface area contributed by atoms with E-state index in [-0.39, 0.29) is 24.0 Å². The lowest BCUT2D eigenvalue weighted by Gasteiger charge is -2.20. The number of carboxylic acid groups (broad SMARTS) is 1. The van der Waals surface area contributed by atoms with Crippen molar-refractivity contribution in [1.29, 1.82) is 0 Å². The van der Waals surface area contributed by atoms with E-state index in [2.05, 4.69) is 0 Å². The van der Waals surface area contributed by atoms with E-state index in [4.69, 9.17) is 9.84 Å². The Labute approximate surface area is 177 Å². The Balaban J connectivity index is 2.77. The first kappa shape index (κ1) is 25.0. The number of carboxylic acids is 1. The number of ether oxygens (including phenoxy) is 1. The first-order valence-corrected chi connectivity index (χ1v) is 9.07. The average Bonchev–Trinajstić information content (AvgIpc) is 3.07. The largest absolute Gasteiger partial charge is 0.481 e. The summed E-state index contributed by atoms with van der Waals surface area (Å²) in [4.78, 5) is 34.5. The predicted molar refractivity (Wildman–Crippen MR) is 99.6 cm³/mol. The van der Waals surface area contributed by atoms with Gasteiger partial charge in [-0.2, -0.15) is 22.0 Å². The molecule has 0 atom stereocenters. The fraction of sp³-hybridized carbons (Fsp3) is 0.350. The number of alkyl halides is 3. The van der Waals surface area contributed by atoms with Crippen LogP contribution in [0.25, 0.3) is 5.83 Å². The van der Waals surface area contributed by atoms with Gasteiger partial charge in [-0.3, -0.25) is 9.59 Å². The summed E-state index contributed by atoms with van der Waals surface area (Å²) in [7, 11) is 0. The van der Waals surface area contributed by atoms with E-state index in [0.29, 0.717) is 5.57 Å². The highest BCUT2D eigenvalue weighted by atomic mass is 19.4. The van der Waals surface area contributed by atoms with E-state index in [1.807, 2.05) is 0 Å². The highest BCUT2D eigenvalue weighted by Gasteiger charge is 2.41. The minimum Gasteiger partial charge on any atom is -0.481 e. The van der Waals surface area contributed by atoms with E-state index in [1.165, 1.54) is 25.2 Å². The molecule has 6 nitrogen and oxygen atoms in total. The standard InChI is InChI=1S/C20H17F6NO5/c1-8(4-6-12(28)29)3-5-10-13(15(21)17(22)23)9(2)11-7-32-18(30)14(11)16(10)27-19(31)20(24,25)26/h3H,4-7H2,1-2H3,(H,27,31)(H,28,29). The summed E-state index contributed by atoms with van der Waals surface area (Å²) in [5.74, 6) is -6.75. The summed E-state index contributed by atoms with van der Waals surface area (Å²) in [6, 6.07) is 0. The molecule has 1 heterocycles. The Morgan fingerprint density at radius 3 is 2.34 bits per heavy atom. The molecule has 32 heavy (non-hydrogen) atoms. The van der Waals surface area contributed by atoms with Crippen LogP contribution in [0.2, 0.25) is 0 Å². The van der Waals surface area contributed by atoms with Gasteiger partial charge in [0.05, 0.1) is 11.3 Å². The zero-order valence-corrected chi connectivity index (χ0v) is 16.8. The third-order valence-electron chi connectivity index (χ3n) is 4.80. The van der Waals surface area contributed by atoms with Gasteiger partial charge >= 0.3 is 30.1 Å². The lowest BCUT2D eigenvalue weighted by Crippen LogP contribution is -2.31. The number of hydrogen-bond donors (Lipinski definition) is 2. The van der Waals surface area contributed by atoms with E-state index >= 15 is 0 Å². The van der Waals surface area contributed by atoms with Crippen LogP contribution in [0, 0.1) is 6.92 Å². The van der Waals surface area contributed by atoms with Crippen molar-refractivity contribution in [3.63, 3.8) is 0 Å². The van der Waals surface area contributed by atoms with Gasteiger partial charge in [0.1, 0.15) is 6.61 Å². The predicted octanol–water partition coefficient (Wildman–Crippen LogP) is 5.05. The molecular formula is C20H17F6NO5. The first-order chi connectivity index (χ1) is 14.8. The molecule has 1 aromatic rings. The normalized spacial score (nSPS) is 13.5. The summed E-state index contributed by atoms with van der Waals surface area (Å²) < 4.78 is 84.1. The fourth-order valence-electron chi connectivity index (χ4n) is 3.21. The number of esters is 1. The van der Waals surface area contributed by atoms with Gasteiger partial charge in [0.15, 0.2) is 5.83 Å². The van der Waals surface area contributed by atoms with Crippen LogP contribution in [0.15, 0.2) is 17.7 Å². The number of allylic oxidation sites excluding steroid dienone is 2. The van der Waals surface area contributed by atoms with Crippen molar-refractivity contribution in [1.82, 2.24) is 0 Å². The molecule has 0 unspecified atom stereocenters. The van der Waals surface area contributed by atoms with Crippen LogP contribution >= 0.6 is 0 Å². The number of anilines is 1. The van der Waals surface area contributed by atoms with Gasteiger partial charge in [0.25, 0.3) is 0 Å². The van der Waals surface area contributed by atoms with Crippen molar-refractivity contribution >= 4 is 29.4 Å². The molecule has 1 amide bonds. The molecule has 1 aromatic carbocycles. The zero-order chi connectivity index (χ0) is 24.4. The third kappa shape index (κ3) is 5.29. The van der Waals surface area contributed by atoms with E-state index in [1.54, 1.807) is 0 Å². The lowest BCUT2D eigenvalue weighted by atomic mass is 9.88. The number of benzene rings is 1. The molecule has 0 radical (unpaired) electrons. The summed E-state index contributed by atoms with van der Waals surface area (Å²) >= 11 is 0. The van der Waals surface area contributed by atoms with E-state index < -0.39 is 71.3 Å². The van der Waals surface area contributed by atoms with Gasteiger partial charge in [-0.05, 0) is 37.8 Å². The Morgan fingerprint density at radius 1 is 1.19 bits per heavy atom. The van der Waals surface area contributed by atoms with E-state index in [0.717, 1.165) is 0 Å². The van der Waals surface area contributed by atoms with Crippen LogP contribution in [-0.2, 0) is 27.4 Å². The number of nitrogens with one attached hydrogen (secondary N) is 1. The number of hydrogen-bond acceptors (Lipinski definition) is 4. The molecule has 0 aromatic heterocycles.